The van der Waals surface area contributed by atoms with Crippen molar-refractivity contribution in [3.05, 3.63) is 37.9 Å². The van der Waals surface area contributed by atoms with Crippen LogP contribution in [0.3, 0.4) is 0 Å². The lowest BCUT2D eigenvalue weighted by molar-refractivity contribution is -0.384. The maximum absolute atomic E-state index is 11.9. The topological polar surface area (TPSA) is 69.4 Å². The van der Waals surface area contributed by atoms with Crippen molar-refractivity contribution < 1.29 is 14.5 Å². The number of carbonyl (C=O) groups excluding carboxylic acids is 1. The molecule has 0 amide bonds. The van der Waals surface area contributed by atoms with Crippen LogP contribution in [0.25, 0.3) is 0 Å². The molecule has 1 aromatic rings. The summed E-state index contributed by atoms with van der Waals surface area (Å²) in [6, 6.07) is 2.37. The predicted molar refractivity (Wildman–Crippen MR) is 75.4 cm³/mol. The summed E-state index contributed by atoms with van der Waals surface area (Å²) in [5, 5.41) is 10.6. The van der Waals surface area contributed by atoms with E-state index in [0.29, 0.717) is 12.5 Å². The molecule has 0 heterocycles. The molecular formula is C13H13Cl2NO4. The highest BCUT2D eigenvalue weighted by molar-refractivity contribution is 6.43. The number of nitrogens with zero attached hydrogens (tertiary/aromatic N) is 1. The van der Waals surface area contributed by atoms with E-state index in [9.17, 15) is 14.9 Å². The normalized spacial score (nSPS) is 15.3. The molecule has 1 saturated carbocycles. The van der Waals surface area contributed by atoms with Gasteiger partial charge in [-0.2, -0.15) is 0 Å². The minimum absolute atomic E-state index is 0.0336. The summed E-state index contributed by atoms with van der Waals surface area (Å²) in [4.78, 5) is 22.0. The third kappa shape index (κ3) is 3.41. The van der Waals surface area contributed by atoms with E-state index in [4.69, 9.17) is 27.9 Å². The summed E-state index contributed by atoms with van der Waals surface area (Å²) in [6.07, 6.45) is 4.41. The Balaban J connectivity index is 2.11. The van der Waals surface area contributed by atoms with Gasteiger partial charge in [-0.3, -0.25) is 10.1 Å². The van der Waals surface area contributed by atoms with E-state index in [2.05, 4.69) is 0 Å². The Morgan fingerprint density at radius 3 is 2.60 bits per heavy atom. The Hall–Kier alpha value is -1.33. The SMILES string of the molecule is O=C(OCC1CCCC1)c1cc(Cl)c(Cl)c([N+](=O)[O-])c1. The van der Waals surface area contributed by atoms with E-state index < -0.39 is 16.6 Å². The third-order valence-corrected chi connectivity index (χ3v) is 4.16. The van der Waals surface area contributed by atoms with Gasteiger partial charge in [-0.25, -0.2) is 4.79 Å². The fourth-order valence-electron chi connectivity index (χ4n) is 2.28. The van der Waals surface area contributed by atoms with Crippen molar-refractivity contribution in [3.8, 4) is 0 Å². The lowest BCUT2D eigenvalue weighted by Gasteiger charge is -2.10. The fourth-order valence-corrected chi connectivity index (χ4v) is 2.67. The molecule has 2 rings (SSSR count). The summed E-state index contributed by atoms with van der Waals surface area (Å²) >= 11 is 11.5. The van der Waals surface area contributed by atoms with Gasteiger partial charge in [0.1, 0.15) is 5.02 Å². The van der Waals surface area contributed by atoms with Gasteiger partial charge in [-0.1, -0.05) is 36.0 Å². The maximum Gasteiger partial charge on any atom is 0.338 e. The molecule has 5 nitrogen and oxygen atoms in total. The molecule has 20 heavy (non-hydrogen) atoms. The number of halogens is 2. The van der Waals surface area contributed by atoms with E-state index in [-0.39, 0.29) is 15.6 Å². The average molecular weight is 318 g/mol. The van der Waals surface area contributed by atoms with Gasteiger partial charge in [0.2, 0.25) is 0 Å². The van der Waals surface area contributed by atoms with Crippen molar-refractivity contribution in [2.24, 2.45) is 5.92 Å². The van der Waals surface area contributed by atoms with Gasteiger partial charge in [0, 0.05) is 6.07 Å². The van der Waals surface area contributed by atoms with Crippen molar-refractivity contribution in [2.75, 3.05) is 6.61 Å². The van der Waals surface area contributed by atoms with E-state index in [1.165, 1.54) is 6.07 Å². The fraction of sp³-hybridized carbons (Fsp3) is 0.462. The molecule has 0 atom stereocenters. The first kappa shape index (κ1) is 15.1. The summed E-state index contributed by atoms with van der Waals surface area (Å²) in [5.74, 6) is -0.227. The van der Waals surface area contributed by atoms with Crippen LogP contribution in [-0.2, 0) is 4.74 Å². The van der Waals surface area contributed by atoms with Crippen molar-refractivity contribution in [1.82, 2.24) is 0 Å². The van der Waals surface area contributed by atoms with Gasteiger partial charge in [-0.15, -0.1) is 0 Å². The van der Waals surface area contributed by atoms with Crippen LogP contribution < -0.4 is 0 Å². The molecule has 1 aliphatic carbocycles. The second kappa shape index (κ2) is 6.41. The second-order valence-electron chi connectivity index (χ2n) is 4.80. The molecule has 0 spiro atoms. The Kier molecular flexibility index (Phi) is 4.83. The Morgan fingerprint density at radius 1 is 1.35 bits per heavy atom. The summed E-state index contributed by atoms with van der Waals surface area (Å²) in [5.41, 5.74) is -0.351. The molecule has 0 radical (unpaired) electrons. The van der Waals surface area contributed by atoms with Crippen LogP contribution in [0.4, 0.5) is 5.69 Å². The van der Waals surface area contributed by atoms with Crippen LogP contribution in [-0.4, -0.2) is 17.5 Å². The standard InChI is InChI=1S/C13H13Cl2NO4/c14-10-5-9(6-11(12(10)15)16(18)19)13(17)20-7-8-3-1-2-4-8/h5-6,8H,1-4,7H2. The summed E-state index contributed by atoms with van der Waals surface area (Å²) < 4.78 is 5.18. The molecule has 1 aliphatic rings. The zero-order valence-corrected chi connectivity index (χ0v) is 12.1. The first-order valence-electron chi connectivity index (χ1n) is 6.29. The van der Waals surface area contributed by atoms with Crippen molar-refractivity contribution in [3.63, 3.8) is 0 Å². The number of rotatable bonds is 4. The highest BCUT2D eigenvalue weighted by Crippen LogP contribution is 2.33. The Labute approximate surface area is 126 Å². The zero-order valence-electron chi connectivity index (χ0n) is 10.6. The van der Waals surface area contributed by atoms with E-state index in [1.54, 1.807) is 0 Å². The lowest BCUT2D eigenvalue weighted by atomic mass is 10.1. The minimum Gasteiger partial charge on any atom is -0.462 e. The number of hydrogen-bond acceptors (Lipinski definition) is 4. The number of hydrogen-bond donors (Lipinski definition) is 0. The first-order valence-corrected chi connectivity index (χ1v) is 7.05. The largest absolute Gasteiger partial charge is 0.462 e. The number of carbonyl (C=O) groups is 1. The van der Waals surface area contributed by atoms with E-state index in [0.717, 1.165) is 31.7 Å². The third-order valence-electron chi connectivity index (χ3n) is 3.37. The molecule has 0 aromatic heterocycles. The average Bonchev–Trinajstić information content (AvgIpc) is 2.91. The van der Waals surface area contributed by atoms with Gasteiger partial charge < -0.3 is 4.74 Å². The molecule has 0 aliphatic heterocycles. The lowest BCUT2D eigenvalue weighted by Crippen LogP contribution is -2.12. The number of nitro benzene ring substituents is 1. The molecule has 0 unspecified atom stereocenters. The molecule has 0 N–H and O–H groups in total. The summed E-state index contributed by atoms with van der Waals surface area (Å²) in [6.45, 7) is 0.340. The maximum atomic E-state index is 11.9. The monoisotopic (exact) mass is 317 g/mol. The van der Waals surface area contributed by atoms with Crippen molar-refractivity contribution in [1.29, 1.82) is 0 Å². The highest BCUT2D eigenvalue weighted by atomic mass is 35.5. The predicted octanol–water partition coefficient (Wildman–Crippen LogP) is 4.25. The molecule has 7 heteroatoms. The van der Waals surface area contributed by atoms with Crippen LogP contribution in [0.15, 0.2) is 12.1 Å². The van der Waals surface area contributed by atoms with E-state index in [1.807, 2.05) is 0 Å². The van der Waals surface area contributed by atoms with Gasteiger partial charge in [0.25, 0.3) is 5.69 Å². The van der Waals surface area contributed by atoms with Gasteiger partial charge >= 0.3 is 5.97 Å². The van der Waals surface area contributed by atoms with Gasteiger partial charge in [0.15, 0.2) is 0 Å². The highest BCUT2D eigenvalue weighted by Gasteiger charge is 2.22. The van der Waals surface area contributed by atoms with Gasteiger partial charge in [0.05, 0.1) is 22.1 Å². The smallest absolute Gasteiger partial charge is 0.338 e. The van der Waals surface area contributed by atoms with Crippen molar-refractivity contribution in [2.45, 2.75) is 25.7 Å². The van der Waals surface area contributed by atoms with E-state index >= 15 is 0 Å². The van der Waals surface area contributed by atoms with Crippen molar-refractivity contribution >= 4 is 34.9 Å². The number of ether oxygens (including phenoxy) is 1. The molecule has 1 aromatic carbocycles. The Bertz CT molecular complexity index is 541. The van der Waals surface area contributed by atoms with Crippen LogP contribution in [0, 0.1) is 16.0 Å². The molecular weight excluding hydrogens is 305 g/mol. The van der Waals surface area contributed by atoms with Crippen LogP contribution in [0.1, 0.15) is 36.0 Å². The van der Waals surface area contributed by atoms with Gasteiger partial charge in [-0.05, 0) is 24.8 Å². The second-order valence-corrected chi connectivity index (χ2v) is 5.58. The number of benzene rings is 1. The molecule has 0 saturated heterocycles. The minimum atomic E-state index is -0.679. The quantitative estimate of drug-likeness (QED) is 0.473. The Morgan fingerprint density at radius 2 is 2.00 bits per heavy atom. The first-order chi connectivity index (χ1) is 9.49. The number of nitro groups is 1. The van der Waals surface area contributed by atoms with Crippen LogP contribution in [0.2, 0.25) is 10.0 Å². The summed E-state index contributed by atoms with van der Waals surface area (Å²) in [7, 11) is 0. The number of esters is 1. The zero-order chi connectivity index (χ0) is 14.7. The molecule has 1 fully saturated rings. The van der Waals surface area contributed by atoms with Crippen LogP contribution in [0.5, 0.6) is 0 Å². The molecule has 0 bridgehead atoms. The van der Waals surface area contributed by atoms with Crippen LogP contribution >= 0.6 is 23.2 Å². The molecule has 108 valence electrons.